The van der Waals surface area contributed by atoms with Crippen LogP contribution in [0.2, 0.25) is 0 Å². The van der Waals surface area contributed by atoms with Crippen molar-refractivity contribution in [1.82, 2.24) is 4.98 Å². The average Bonchev–Trinajstić information content (AvgIpc) is 2.74. The SMILES string of the molecule is COc1cccc(CCNc2cncc(C(=O)Nc3cccc(OC)c3)c2)c1. The first-order valence-electron chi connectivity index (χ1n) is 8.95. The fourth-order valence-corrected chi connectivity index (χ4v) is 2.74. The van der Waals surface area contributed by atoms with Crippen LogP contribution in [0, 0.1) is 0 Å². The summed E-state index contributed by atoms with van der Waals surface area (Å²) in [5.74, 6) is 1.30. The van der Waals surface area contributed by atoms with Gasteiger partial charge < -0.3 is 20.1 Å². The molecule has 1 heterocycles. The van der Waals surface area contributed by atoms with Gasteiger partial charge in [0.25, 0.3) is 5.91 Å². The van der Waals surface area contributed by atoms with Crippen molar-refractivity contribution in [1.29, 1.82) is 0 Å². The third-order valence-electron chi connectivity index (χ3n) is 4.20. The van der Waals surface area contributed by atoms with Crippen LogP contribution in [0.5, 0.6) is 11.5 Å². The van der Waals surface area contributed by atoms with Crippen LogP contribution in [0.3, 0.4) is 0 Å². The fraction of sp³-hybridized carbons (Fsp3) is 0.182. The van der Waals surface area contributed by atoms with Crippen LogP contribution in [0.4, 0.5) is 11.4 Å². The van der Waals surface area contributed by atoms with Crippen LogP contribution in [0.1, 0.15) is 15.9 Å². The lowest BCUT2D eigenvalue weighted by molar-refractivity contribution is 0.102. The molecule has 0 saturated carbocycles. The van der Waals surface area contributed by atoms with E-state index < -0.39 is 0 Å². The van der Waals surface area contributed by atoms with E-state index in [0.29, 0.717) is 17.0 Å². The number of pyridine rings is 1. The lowest BCUT2D eigenvalue weighted by Gasteiger charge is -2.10. The topological polar surface area (TPSA) is 72.5 Å². The number of rotatable bonds is 8. The van der Waals surface area contributed by atoms with Gasteiger partial charge in [0.15, 0.2) is 0 Å². The van der Waals surface area contributed by atoms with Crippen molar-refractivity contribution in [3.63, 3.8) is 0 Å². The van der Waals surface area contributed by atoms with Gasteiger partial charge in [0.05, 0.1) is 25.5 Å². The Morgan fingerprint density at radius 2 is 1.68 bits per heavy atom. The molecule has 2 aromatic carbocycles. The van der Waals surface area contributed by atoms with Crippen molar-refractivity contribution in [2.24, 2.45) is 0 Å². The summed E-state index contributed by atoms with van der Waals surface area (Å²) in [6.07, 6.45) is 4.08. The van der Waals surface area contributed by atoms with E-state index in [9.17, 15) is 4.79 Å². The highest BCUT2D eigenvalue weighted by atomic mass is 16.5. The minimum Gasteiger partial charge on any atom is -0.497 e. The molecular weight excluding hydrogens is 354 g/mol. The number of carbonyl (C=O) groups excluding carboxylic acids is 1. The Labute approximate surface area is 164 Å². The van der Waals surface area contributed by atoms with Gasteiger partial charge in [-0.1, -0.05) is 18.2 Å². The van der Waals surface area contributed by atoms with Crippen molar-refractivity contribution in [2.75, 3.05) is 31.4 Å². The lowest BCUT2D eigenvalue weighted by Crippen LogP contribution is -2.13. The second-order valence-electron chi connectivity index (χ2n) is 6.18. The minimum atomic E-state index is -0.225. The number of amides is 1. The van der Waals surface area contributed by atoms with Crippen LogP contribution in [-0.2, 0) is 6.42 Å². The Morgan fingerprint density at radius 3 is 2.46 bits per heavy atom. The molecule has 3 rings (SSSR count). The number of aromatic nitrogens is 1. The monoisotopic (exact) mass is 377 g/mol. The summed E-state index contributed by atoms with van der Waals surface area (Å²) in [6.45, 7) is 0.718. The molecular formula is C22H23N3O3. The summed E-state index contributed by atoms with van der Waals surface area (Å²) in [4.78, 5) is 16.7. The first-order chi connectivity index (χ1) is 13.7. The molecule has 6 nitrogen and oxygen atoms in total. The van der Waals surface area contributed by atoms with Crippen LogP contribution >= 0.6 is 0 Å². The van der Waals surface area contributed by atoms with E-state index >= 15 is 0 Å². The zero-order chi connectivity index (χ0) is 19.8. The Kier molecular flexibility index (Phi) is 6.46. The summed E-state index contributed by atoms with van der Waals surface area (Å²) in [6, 6.07) is 17.0. The number of anilines is 2. The van der Waals surface area contributed by atoms with Gasteiger partial charge in [0.2, 0.25) is 0 Å². The summed E-state index contributed by atoms with van der Waals surface area (Å²) in [5, 5.41) is 6.16. The van der Waals surface area contributed by atoms with Crippen LogP contribution in [0.25, 0.3) is 0 Å². The first-order valence-corrected chi connectivity index (χ1v) is 8.95. The molecule has 1 amide bonds. The molecule has 1 aromatic heterocycles. The van der Waals surface area contributed by atoms with E-state index in [1.54, 1.807) is 38.7 Å². The van der Waals surface area contributed by atoms with Gasteiger partial charge in [-0.3, -0.25) is 9.78 Å². The maximum atomic E-state index is 12.5. The number of hydrogen-bond donors (Lipinski definition) is 2. The van der Waals surface area contributed by atoms with E-state index in [2.05, 4.69) is 21.7 Å². The molecule has 0 saturated heterocycles. The van der Waals surface area contributed by atoms with Gasteiger partial charge in [-0.2, -0.15) is 0 Å². The van der Waals surface area contributed by atoms with Gasteiger partial charge in [0.1, 0.15) is 11.5 Å². The predicted octanol–water partition coefficient (Wildman–Crippen LogP) is 4.01. The van der Waals surface area contributed by atoms with Gasteiger partial charge in [-0.25, -0.2) is 0 Å². The number of nitrogens with zero attached hydrogens (tertiary/aromatic N) is 1. The van der Waals surface area contributed by atoms with Crippen LogP contribution < -0.4 is 20.1 Å². The zero-order valence-electron chi connectivity index (χ0n) is 15.9. The average molecular weight is 377 g/mol. The van der Waals surface area contributed by atoms with Gasteiger partial charge in [-0.05, 0) is 42.3 Å². The molecule has 0 fully saturated rings. The highest BCUT2D eigenvalue weighted by Gasteiger charge is 2.08. The van der Waals surface area contributed by atoms with E-state index in [0.717, 1.165) is 24.4 Å². The molecule has 0 atom stereocenters. The number of carbonyl (C=O) groups is 1. The maximum absolute atomic E-state index is 12.5. The summed E-state index contributed by atoms with van der Waals surface area (Å²) in [5.41, 5.74) is 3.11. The zero-order valence-corrected chi connectivity index (χ0v) is 15.9. The lowest BCUT2D eigenvalue weighted by atomic mass is 10.1. The number of nitrogens with one attached hydrogen (secondary N) is 2. The Hall–Kier alpha value is -3.54. The van der Waals surface area contributed by atoms with Crippen molar-refractivity contribution < 1.29 is 14.3 Å². The fourth-order valence-electron chi connectivity index (χ4n) is 2.74. The number of benzene rings is 2. The Balaban J connectivity index is 1.59. The Morgan fingerprint density at radius 1 is 0.929 bits per heavy atom. The molecule has 0 aliphatic rings. The minimum absolute atomic E-state index is 0.225. The van der Waals surface area contributed by atoms with Crippen LogP contribution in [-0.4, -0.2) is 31.7 Å². The molecule has 0 bridgehead atoms. The first kappa shape index (κ1) is 19.2. The molecule has 3 aromatic rings. The predicted molar refractivity (Wildman–Crippen MR) is 110 cm³/mol. The van der Waals surface area contributed by atoms with Crippen molar-refractivity contribution in [3.05, 3.63) is 78.1 Å². The third kappa shape index (κ3) is 5.23. The highest BCUT2D eigenvalue weighted by molar-refractivity contribution is 6.04. The van der Waals surface area contributed by atoms with E-state index in [1.165, 1.54) is 5.56 Å². The van der Waals surface area contributed by atoms with E-state index in [4.69, 9.17) is 9.47 Å². The summed E-state index contributed by atoms with van der Waals surface area (Å²) < 4.78 is 10.4. The Bertz CT molecular complexity index is 944. The summed E-state index contributed by atoms with van der Waals surface area (Å²) >= 11 is 0. The van der Waals surface area contributed by atoms with Crippen molar-refractivity contribution >= 4 is 17.3 Å². The standard InChI is InChI=1S/C22H23N3O3/c1-27-20-7-3-5-16(11-20)9-10-24-19-12-17(14-23-15-19)22(26)25-18-6-4-8-21(13-18)28-2/h3-8,11-15,24H,9-10H2,1-2H3,(H,25,26). The quantitative estimate of drug-likeness (QED) is 0.621. The third-order valence-corrected chi connectivity index (χ3v) is 4.20. The molecule has 6 heteroatoms. The van der Waals surface area contributed by atoms with E-state index in [-0.39, 0.29) is 5.91 Å². The molecule has 0 unspecified atom stereocenters. The molecule has 0 aliphatic heterocycles. The second-order valence-corrected chi connectivity index (χ2v) is 6.18. The molecule has 0 aliphatic carbocycles. The number of hydrogen-bond acceptors (Lipinski definition) is 5. The van der Waals surface area contributed by atoms with Gasteiger partial charge in [-0.15, -0.1) is 0 Å². The second kappa shape index (κ2) is 9.41. The summed E-state index contributed by atoms with van der Waals surface area (Å²) in [7, 11) is 3.25. The maximum Gasteiger partial charge on any atom is 0.257 e. The smallest absolute Gasteiger partial charge is 0.257 e. The normalized spacial score (nSPS) is 10.2. The largest absolute Gasteiger partial charge is 0.497 e. The molecule has 28 heavy (non-hydrogen) atoms. The number of ether oxygens (including phenoxy) is 2. The van der Waals surface area contributed by atoms with Crippen molar-refractivity contribution in [2.45, 2.75) is 6.42 Å². The molecule has 0 spiro atoms. The molecule has 144 valence electrons. The van der Waals surface area contributed by atoms with Gasteiger partial charge >= 0.3 is 0 Å². The van der Waals surface area contributed by atoms with Gasteiger partial charge in [0, 0.05) is 30.7 Å². The molecule has 2 N–H and O–H groups in total. The van der Waals surface area contributed by atoms with Crippen molar-refractivity contribution in [3.8, 4) is 11.5 Å². The van der Waals surface area contributed by atoms with Crippen LogP contribution in [0.15, 0.2) is 67.0 Å². The molecule has 0 radical (unpaired) electrons. The van der Waals surface area contributed by atoms with E-state index in [1.807, 2.05) is 36.4 Å². The highest BCUT2D eigenvalue weighted by Crippen LogP contribution is 2.18. The number of methoxy groups -OCH3 is 2.